The monoisotopic (exact) mass is 401 g/mol. The minimum atomic E-state index is -4.72. The molecule has 0 saturated carbocycles. The van der Waals surface area contributed by atoms with Crippen LogP contribution in [0.3, 0.4) is 0 Å². The molecule has 1 unspecified atom stereocenters. The first-order chi connectivity index (χ1) is 13.2. The molecule has 1 rings (SSSR count). The Kier molecular flexibility index (Phi) is 9.52. The molecule has 1 aromatic carbocycles. The Morgan fingerprint density at radius 3 is 2.46 bits per heavy atom. The Morgan fingerprint density at radius 1 is 1.29 bits per heavy atom. The number of rotatable bonds is 11. The van der Waals surface area contributed by atoms with Gasteiger partial charge in [-0.05, 0) is 57.5 Å². The third-order valence-corrected chi connectivity index (χ3v) is 4.78. The van der Waals surface area contributed by atoms with Gasteiger partial charge in [0.1, 0.15) is 5.82 Å². The summed E-state index contributed by atoms with van der Waals surface area (Å²) in [6, 6.07) is 3.28. The molecule has 1 aromatic rings. The van der Waals surface area contributed by atoms with E-state index in [1.165, 1.54) is 6.07 Å². The largest absolute Gasteiger partial charge is 0.419 e. The van der Waals surface area contributed by atoms with E-state index in [-0.39, 0.29) is 12.6 Å². The van der Waals surface area contributed by atoms with Gasteiger partial charge in [0.15, 0.2) is 0 Å². The van der Waals surface area contributed by atoms with Crippen LogP contribution in [0.1, 0.15) is 44.2 Å². The van der Waals surface area contributed by atoms with Crippen molar-refractivity contribution < 1.29 is 17.6 Å². The van der Waals surface area contributed by atoms with Crippen LogP contribution < -0.4 is 10.6 Å². The van der Waals surface area contributed by atoms with Gasteiger partial charge in [0.05, 0.1) is 17.0 Å². The molecule has 0 spiro atoms. The summed E-state index contributed by atoms with van der Waals surface area (Å²) >= 11 is 0. The highest BCUT2D eigenvalue weighted by Crippen LogP contribution is 2.33. The minimum Gasteiger partial charge on any atom is -0.387 e. The lowest BCUT2D eigenvalue weighted by atomic mass is 10.0. The van der Waals surface area contributed by atoms with Gasteiger partial charge in [-0.1, -0.05) is 25.6 Å². The van der Waals surface area contributed by atoms with E-state index in [1.54, 1.807) is 7.05 Å². The molecule has 0 aliphatic rings. The van der Waals surface area contributed by atoms with Crippen LogP contribution in [0.15, 0.2) is 42.2 Å². The number of alkyl halides is 3. The Hall–Kier alpha value is -2.02. The second-order valence-corrected chi connectivity index (χ2v) is 6.65. The van der Waals surface area contributed by atoms with Gasteiger partial charge in [0, 0.05) is 19.6 Å². The highest BCUT2D eigenvalue weighted by molar-refractivity contribution is 5.30. The summed E-state index contributed by atoms with van der Waals surface area (Å²) in [7, 11) is 3.66. The number of hydrogen-bond acceptors (Lipinski definition) is 3. The van der Waals surface area contributed by atoms with E-state index in [9.17, 15) is 17.6 Å². The molecule has 0 aromatic heterocycles. The SMILES string of the molecule is C=C(/C(=C/C)NC)N(Cc1ccc(F)c(C(F)(F)F)c1)C(CC)CCCNC. The molecule has 0 aliphatic heterocycles. The molecule has 7 heteroatoms. The van der Waals surface area contributed by atoms with Crippen LogP contribution in [-0.2, 0) is 12.7 Å². The molecule has 0 aliphatic carbocycles. The van der Waals surface area contributed by atoms with Crippen molar-refractivity contribution in [3.8, 4) is 0 Å². The van der Waals surface area contributed by atoms with Crippen LogP contribution in [0.2, 0.25) is 0 Å². The van der Waals surface area contributed by atoms with E-state index in [0.717, 1.165) is 43.6 Å². The first-order valence-electron chi connectivity index (χ1n) is 9.49. The van der Waals surface area contributed by atoms with Gasteiger partial charge in [-0.2, -0.15) is 13.2 Å². The van der Waals surface area contributed by atoms with E-state index < -0.39 is 17.6 Å². The molecule has 3 nitrogen and oxygen atoms in total. The smallest absolute Gasteiger partial charge is 0.387 e. The van der Waals surface area contributed by atoms with E-state index in [2.05, 4.69) is 17.2 Å². The number of likely N-dealkylation sites (N-methyl/N-ethyl adjacent to an activating group) is 1. The summed E-state index contributed by atoms with van der Waals surface area (Å²) in [5.41, 5.74) is 0.677. The lowest BCUT2D eigenvalue weighted by molar-refractivity contribution is -0.140. The fourth-order valence-corrected chi connectivity index (χ4v) is 3.23. The standard InChI is InChI=1S/C21H31F4N3/c1-6-17(9-8-12-26-4)28(15(3)20(7-2)27-5)14-16-10-11-19(22)18(13-16)21(23,24)25/h7,10-11,13,17,26-27H,3,6,8-9,12,14H2,1-2,4-5H3/b20-7-. The maximum absolute atomic E-state index is 13.7. The molecular formula is C21H31F4N3. The van der Waals surface area contributed by atoms with Crippen LogP contribution >= 0.6 is 0 Å². The van der Waals surface area contributed by atoms with Crippen molar-refractivity contribution in [3.05, 3.63) is 59.2 Å². The van der Waals surface area contributed by atoms with Gasteiger partial charge in [0.2, 0.25) is 0 Å². The van der Waals surface area contributed by atoms with Gasteiger partial charge in [-0.3, -0.25) is 0 Å². The van der Waals surface area contributed by atoms with Crippen molar-refractivity contribution in [3.63, 3.8) is 0 Å². The van der Waals surface area contributed by atoms with E-state index in [1.807, 2.05) is 31.9 Å². The molecular weight excluding hydrogens is 370 g/mol. The van der Waals surface area contributed by atoms with Gasteiger partial charge >= 0.3 is 6.18 Å². The van der Waals surface area contributed by atoms with Crippen molar-refractivity contribution in [1.29, 1.82) is 0 Å². The topological polar surface area (TPSA) is 27.3 Å². The number of allylic oxidation sites excluding steroid dienone is 1. The number of halogens is 4. The third-order valence-electron chi connectivity index (χ3n) is 4.78. The molecule has 0 amide bonds. The van der Waals surface area contributed by atoms with Gasteiger partial charge in [-0.15, -0.1) is 0 Å². The predicted octanol–water partition coefficient (Wildman–Crippen LogP) is 5.06. The Morgan fingerprint density at radius 2 is 1.96 bits per heavy atom. The Bertz CT molecular complexity index is 668. The minimum absolute atomic E-state index is 0.100. The highest BCUT2D eigenvalue weighted by Gasteiger charge is 2.34. The number of hydrogen-bond donors (Lipinski definition) is 2. The van der Waals surface area contributed by atoms with Gasteiger partial charge < -0.3 is 15.5 Å². The molecule has 0 heterocycles. The molecule has 0 bridgehead atoms. The summed E-state index contributed by atoms with van der Waals surface area (Å²) in [6.07, 6.45) is -0.234. The molecule has 0 radical (unpaired) electrons. The summed E-state index contributed by atoms with van der Waals surface area (Å²) in [6.45, 7) is 9.16. The quantitative estimate of drug-likeness (QED) is 0.308. The number of benzene rings is 1. The first kappa shape index (κ1) is 24.0. The summed E-state index contributed by atoms with van der Waals surface area (Å²) < 4.78 is 52.9. The molecule has 0 saturated heterocycles. The van der Waals surface area contributed by atoms with Crippen molar-refractivity contribution in [1.82, 2.24) is 15.5 Å². The zero-order valence-corrected chi connectivity index (χ0v) is 17.1. The van der Waals surface area contributed by atoms with Crippen LogP contribution in [-0.4, -0.2) is 31.6 Å². The zero-order chi connectivity index (χ0) is 21.3. The normalized spacial score (nSPS) is 13.4. The molecule has 158 valence electrons. The maximum Gasteiger partial charge on any atom is 0.419 e. The zero-order valence-electron chi connectivity index (χ0n) is 17.1. The maximum atomic E-state index is 13.7. The number of nitrogens with one attached hydrogen (secondary N) is 2. The summed E-state index contributed by atoms with van der Waals surface area (Å²) in [5.74, 6) is -1.26. The van der Waals surface area contributed by atoms with Crippen LogP contribution in [0.25, 0.3) is 0 Å². The van der Waals surface area contributed by atoms with Crippen molar-refractivity contribution in [2.45, 2.75) is 51.9 Å². The van der Waals surface area contributed by atoms with Crippen molar-refractivity contribution >= 4 is 0 Å². The second-order valence-electron chi connectivity index (χ2n) is 6.65. The average molecular weight is 401 g/mol. The van der Waals surface area contributed by atoms with E-state index in [4.69, 9.17) is 0 Å². The third kappa shape index (κ3) is 6.55. The van der Waals surface area contributed by atoms with E-state index >= 15 is 0 Å². The highest BCUT2D eigenvalue weighted by atomic mass is 19.4. The summed E-state index contributed by atoms with van der Waals surface area (Å²) in [4.78, 5) is 2.01. The Labute approximate surface area is 165 Å². The average Bonchev–Trinajstić information content (AvgIpc) is 2.65. The predicted molar refractivity (Wildman–Crippen MR) is 106 cm³/mol. The van der Waals surface area contributed by atoms with Crippen molar-refractivity contribution in [2.75, 3.05) is 20.6 Å². The first-order valence-corrected chi connectivity index (χ1v) is 9.49. The Balaban J connectivity index is 3.23. The lowest BCUT2D eigenvalue weighted by Crippen LogP contribution is -2.36. The molecule has 0 fully saturated rings. The van der Waals surface area contributed by atoms with Crippen LogP contribution in [0.4, 0.5) is 17.6 Å². The number of nitrogens with zero attached hydrogens (tertiary/aromatic N) is 1. The van der Waals surface area contributed by atoms with Gasteiger partial charge in [0.25, 0.3) is 0 Å². The van der Waals surface area contributed by atoms with Gasteiger partial charge in [-0.25, -0.2) is 4.39 Å². The fourth-order valence-electron chi connectivity index (χ4n) is 3.23. The summed E-state index contributed by atoms with van der Waals surface area (Å²) in [5, 5.41) is 6.19. The van der Waals surface area contributed by atoms with Crippen LogP contribution in [0.5, 0.6) is 0 Å². The van der Waals surface area contributed by atoms with Crippen molar-refractivity contribution in [2.24, 2.45) is 0 Å². The molecule has 28 heavy (non-hydrogen) atoms. The molecule has 2 N–H and O–H groups in total. The van der Waals surface area contributed by atoms with Crippen LogP contribution in [0, 0.1) is 5.82 Å². The fraction of sp³-hybridized carbons (Fsp3) is 0.524. The van der Waals surface area contributed by atoms with E-state index in [0.29, 0.717) is 11.3 Å². The lowest BCUT2D eigenvalue weighted by Gasteiger charge is -2.36. The molecule has 1 atom stereocenters. The second kappa shape index (κ2) is 11.1.